The van der Waals surface area contributed by atoms with Crippen LogP contribution in [0.3, 0.4) is 0 Å². The first kappa shape index (κ1) is 14.7. The van der Waals surface area contributed by atoms with Gasteiger partial charge in [0.15, 0.2) is 10.8 Å². The van der Waals surface area contributed by atoms with E-state index in [2.05, 4.69) is 4.98 Å². The predicted molar refractivity (Wildman–Crippen MR) is 82.3 cm³/mol. The van der Waals surface area contributed by atoms with Crippen LogP contribution in [0.2, 0.25) is 0 Å². The number of hydrogen-bond acceptors (Lipinski definition) is 4. The second-order valence-electron chi connectivity index (χ2n) is 6.21. The first-order valence-electron chi connectivity index (χ1n) is 7.95. The Morgan fingerprint density at radius 3 is 2.52 bits per heavy atom. The standard InChI is InChI=1S/C16H22N2O2S/c19-14(11-12-3-1-2-4-12)18-8-5-13(6-9-18)15(20)16-17-7-10-21-16/h7,10,12-13H,1-6,8-9,11H2. The highest BCUT2D eigenvalue weighted by Gasteiger charge is 2.30. The summed E-state index contributed by atoms with van der Waals surface area (Å²) in [7, 11) is 0. The number of carbonyl (C=O) groups excluding carboxylic acids is 2. The molecule has 5 heteroatoms. The SMILES string of the molecule is O=C(c1nccs1)C1CCN(C(=O)CC2CCCC2)CC1. The van der Waals surface area contributed by atoms with E-state index in [9.17, 15) is 9.59 Å². The molecule has 1 aromatic rings. The van der Waals surface area contributed by atoms with Crippen molar-refractivity contribution in [2.75, 3.05) is 13.1 Å². The Balaban J connectivity index is 1.48. The van der Waals surface area contributed by atoms with Gasteiger partial charge in [-0.1, -0.05) is 12.8 Å². The summed E-state index contributed by atoms with van der Waals surface area (Å²) in [6, 6.07) is 0. The molecule has 1 amide bonds. The average Bonchev–Trinajstić information content (AvgIpc) is 3.20. The number of carbonyl (C=O) groups is 2. The number of thiazole rings is 1. The van der Waals surface area contributed by atoms with Gasteiger partial charge in [0, 0.05) is 37.0 Å². The van der Waals surface area contributed by atoms with Crippen molar-refractivity contribution in [1.82, 2.24) is 9.88 Å². The Bertz CT molecular complexity index is 486. The summed E-state index contributed by atoms with van der Waals surface area (Å²) in [4.78, 5) is 30.6. The number of hydrogen-bond donors (Lipinski definition) is 0. The van der Waals surface area contributed by atoms with Crippen LogP contribution in [0.25, 0.3) is 0 Å². The van der Waals surface area contributed by atoms with Gasteiger partial charge in [0.2, 0.25) is 5.91 Å². The summed E-state index contributed by atoms with van der Waals surface area (Å²) in [6.07, 6.45) is 8.95. The van der Waals surface area contributed by atoms with Gasteiger partial charge in [0.25, 0.3) is 0 Å². The summed E-state index contributed by atoms with van der Waals surface area (Å²) >= 11 is 1.41. The van der Waals surface area contributed by atoms with Crippen LogP contribution in [0.1, 0.15) is 54.7 Å². The van der Waals surface area contributed by atoms with Crippen molar-refractivity contribution in [3.8, 4) is 0 Å². The smallest absolute Gasteiger partial charge is 0.222 e. The fourth-order valence-electron chi connectivity index (χ4n) is 3.50. The fraction of sp³-hybridized carbons (Fsp3) is 0.688. The van der Waals surface area contributed by atoms with E-state index in [-0.39, 0.29) is 11.7 Å². The molecule has 1 aliphatic heterocycles. The molecule has 0 N–H and O–H groups in total. The zero-order valence-corrected chi connectivity index (χ0v) is 13.1. The van der Waals surface area contributed by atoms with E-state index in [0.29, 0.717) is 23.3 Å². The largest absolute Gasteiger partial charge is 0.343 e. The number of rotatable bonds is 4. The van der Waals surface area contributed by atoms with Gasteiger partial charge in [-0.15, -0.1) is 11.3 Å². The summed E-state index contributed by atoms with van der Waals surface area (Å²) in [6.45, 7) is 1.46. The number of nitrogens with zero attached hydrogens (tertiary/aromatic N) is 2. The maximum absolute atomic E-state index is 12.3. The predicted octanol–water partition coefficient (Wildman–Crippen LogP) is 3.14. The molecule has 1 saturated heterocycles. The molecule has 114 valence electrons. The lowest BCUT2D eigenvalue weighted by molar-refractivity contribution is -0.133. The van der Waals surface area contributed by atoms with Crippen LogP contribution in [0, 0.1) is 11.8 Å². The molecule has 2 heterocycles. The molecule has 0 spiro atoms. The van der Waals surface area contributed by atoms with Crippen molar-refractivity contribution in [1.29, 1.82) is 0 Å². The van der Waals surface area contributed by atoms with E-state index >= 15 is 0 Å². The van der Waals surface area contributed by atoms with Gasteiger partial charge in [-0.25, -0.2) is 4.98 Å². The van der Waals surface area contributed by atoms with Crippen LogP contribution < -0.4 is 0 Å². The van der Waals surface area contributed by atoms with Gasteiger partial charge >= 0.3 is 0 Å². The van der Waals surface area contributed by atoms with Gasteiger partial charge < -0.3 is 4.90 Å². The summed E-state index contributed by atoms with van der Waals surface area (Å²) in [5.41, 5.74) is 0. The van der Waals surface area contributed by atoms with Crippen molar-refractivity contribution in [3.63, 3.8) is 0 Å². The molecule has 21 heavy (non-hydrogen) atoms. The Kier molecular flexibility index (Phi) is 4.68. The number of Topliss-reactive ketones (excluding diaryl/α,β-unsaturated/α-hetero) is 1. The van der Waals surface area contributed by atoms with Crippen LogP contribution in [0.15, 0.2) is 11.6 Å². The minimum Gasteiger partial charge on any atom is -0.343 e. The first-order valence-corrected chi connectivity index (χ1v) is 8.83. The third-order valence-corrected chi connectivity index (χ3v) is 5.59. The Morgan fingerprint density at radius 1 is 1.19 bits per heavy atom. The van der Waals surface area contributed by atoms with Gasteiger partial charge in [-0.3, -0.25) is 9.59 Å². The van der Waals surface area contributed by atoms with Crippen molar-refractivity contribution >= 4 is 23.0 Å². The molecule has 0 unspecified atom stereocenters. The van der Waals surface area contributed by atoms with E-state index in [0.717, 1.165) is 25.9 Å². The normalized spacial score (nSPS) is 20.9. The van der Waals surface area contributed by atoms with Gasteiger partial charge in [-0.2, -0.15) is 0 Å². The van der Waals surface area contributed by atoms with Gasteiger partial charge in [-0.05, 0) is 31.6 Å². The van der Waals surface area contributed by atoms with Crippen molar-refractivity contribution < 1.29 is 9.59 Å². The second-order valence-corrected chi connectivity index (χ2v) is 7.11. The number of ketones is 1. The van der Waals surface area contributed by atoms with Crippen molar-refractivity contribution in [2.45, 2.75) is 44.9 Å². The topological polar surface area (TPSA) is 50.3 Å². The van der Waals surface area contributed by atoms with Crippen molar-refractivity contribution in [2.24, 2.45) is 11.8 Å². The van der Waals surface area contributed by atoms with E-state index in [4.69, 9.17) is 0 Å². The maximum atomic E-state index is 12.3. The highest BCUT2D eigenvalue weighted by Crippen LogP contribution is 2.29. The number of aromatic nitrogens is 1. The molecule has 2 aliphatic rings. The maximum Gasteiger partial charge on any atom is 0.222 e. The number of likely N-dealkylation sites (tertiary alicyclic amines) is 1. The third kappa shape index (κ3) is 3.51. The average molecular weight is 306 g/mol. The molecular formula is C16H22N2O2S. The number of amides is 1. The minimum atomic E-state index is 0.0479. The molecule has 3 rings (SSSR count). The Labute approximate surface area is 129 Å². The highest BCUT2D eigenvalue weighted by molar-refractivity contribution is 7.11. The number of piperidine rings is 1. The molecule has 1 aliphatic carbocycles. The quantitative estimate of drug-likeness (QED) is 0.803. The molecule has 1 aromatic heterocycles. The zero-order valence-electron chi connectivity index (χ0n) is 12.3. The molecule has 4 nitrogen and oxygen atoms in total. The van der Waals surface area contributed by atoms with Crippen LogP contribution in [0.4, 0.5) is 0 Å². The second kappa shape index (κ2) is 6.69. The molecule has 2 fully saturated rings. The van der Waals surface area contributed by atoms with Gasteiger partial charge in [0.1, 0.15) is 0 Å². The Hall–Kier alpha value is -1.23. The molecule has 0 atom stereocenters. The first-order chi connectivity index (χ1) is 10.2. The summed E-state index contributed by atoms with van der Waals surface area (Å²) in [5.74, 6) is 1.11. The zero-order chi connectivity index (χ0) is 14.7. The van der Waals surface area contributed by atoms with E-state index in [1.807, 2.05) is 10.3 Å². The summed E-state index contributed by atoms with van der Waals surface area (Å²) in [5, 5.41) is 2.46. The lowest BCUT2D eigenvalue weighted by atomic mass is 9.92. The highest BCUT2D eigenvalue weighted by atomic mass is 32.1. The lowest BCUT2D eigenvalue weighted by Crippen LogP contribution is -2.40. The lowest BCUT2D eigenvalue weighted by Gasteiger charge is -2.31. The molecular weight excluding hydrogens is 284 g/mol. The molecule has 0 aromatic carbocycles. The van der Waals surface area contributed by atoms with E-state index in [1.54, 1.807) is 6.20 Å². The van der Waals surface area contributed by atoms with Crippen LogP contribution in [-0.2, 0) is 4.79 Å². The summed E-state index contributed by atoms with van der Waals surface area (Å²) < 4.78 is 0. The monoisotopic (exact) mass is 306 g/mol. The fourth-order valence-corrected chi connectivity index (χ4v) is 4.16. The molecule has 0 bridgehead atoms. The molecule has 0 radical (unpaired) electrons. The van der Waals surface area contributed by atoms with Crippen LogP contribution >= 0.6 is 11.3 Å². The third-order valence-electron chi connectivity index (χ3n) is 4.80. The molecule has 1 saturated carbocycles. The Morgan fingerprint density at radius 2 is 1.90 bits per heavy atom. The van der Waals surface area contributed by atoms with E-state index in [1.165, 1.54) is 37.0 Å². The van der Waals surface area contributed by atoms with E-state index < -0.39 is 0 Å². The van der Waals surface area contributed by atoms with Gasteiger partial charge in [0.05, 0.1) is 0 Å². The van der Waals surface area contributed by atoms with Crippen molar-refractivity contribution in [3.05, 3.63) is 16.6 Å². The minimum absolute atomic E-state index is 0.0479. The van der Waals surface area contributed by atoms with Crippen LogP contribution in [0.5, 0.6) is 0 Å². The van der Waals surface area contributed by atoms with Crippen LogP contribution in [-0.4, -0.2) is 34.7 Å².